The van der Waals surface area contributed by atoms with Gasteiger partial charge in [0, 0.05) is 31.3 Å². The van der Waals surface area contributed by atoms with Crippen molar-refractivity contribution in [3.05, 3.63) is 77.7 Å². The summed E-state index contributed by atoms with van der Waals surface area (Å²) < 4.78 is 5.46. The molecule has 3 rings (SSSR count). The number of nitrogens with zero attached hydrogens (tertiary/aromatic N) is 3. The second kappa shape index (κ2) is 10.5. The lowest BCUT2D eigenvalue weighted by atomic mass is 10.1. The van der Waals surface area contributed by atoms with Crippen LogP contribution in [0.5, 0.6) is 0 Å². The zero-order valence-electron chi connectivity index (χ0n) is 15.8. The monoisotopic (exact) mass is 401 g/mol. The molecule has 0 saturated heterocycles. The smallest absolute Gasteiger partial charge is 0.253 e. The highest BCUT2D eigenvalue weighted by atomic mass is 35.5. The van der Waals surface area contributed by atoms with Crippen molar-refractivity contribution in [2.45, 2.75) is 31.8 Å². The number of halogens is 1. The molecule has 0 aliphatic heterocycles. The minimum atomic E-state index is -0.425. The van der Waals surface area contributed by atoms with Crippen LogP contribution >= 0.6 is 12.4 Å². The van der Waals surface area contributed by atoms with Gasteiger partial charge in [0.25, 0.3) is 5.91 Å². The molecular weight excluding hydrogens is 378 g/mol. The van der Waals surface area contributed by atoms with Crippen LogP contribution in [0.4, 0.5) is 0 Å². The van der Waals surface area contributed by atoms with Crippen LogP contribution in [-0.4, -0.2) is 34.1 Å². The Bertz CT molecular complexity index is 857. The number of likely N-dealkylation sites (N-methyl/N-ethyl adjacent to an activating group) is 1. The maximum atomic E-state index is 12.6. The molecule has 148 valence electrons. The number of carbonyl (C=O) groups excluding carboxylic acids is 1. The van der Waals surface area contributed by atoms with Gasteiger partial charge in [-0.15, -0.1) is 12.4 Å². The van der Waals surface area contributed by atoms with Crippen molar-refractivity contribution < 1.29 is 9.32 Å². The lowest BCUT2D eigenvalue weighted by molar-refractivity contribution is 0.0928. The Morgan fingerprint density at radius 2 is 1.93 bits per heavy atom. The largest absolute Gasteiger partial charge is 0.340 e. The third-order valence-electron chi connectivity index (χ3n) is 4.28. The SMILES string of the molecule is CNC(C)Cc1noc(C(Cc2ccccc2)NC(=O)c2cccnc2)n1.Cl. The first kappa shape index (κ1) is 21.5. The summed E-state index contributed by atoms with van der Waals surface area (Å²) >= 11 is 0. The van der Waals surface area contributed by atoms with Crippen LogP contribution in [0, 0.1) is 0 Å². The highest BCUT2D eigenvalue weighted by Crippen LogP contribution is 2.18. The molecular formula is C20H24ClN5O2. The van der Waals surface area contributed by atoms with Gasteiger partial charge in [-0.2, -0.15) is 4.98 Å². The van der Waals surface area contributed by atoms with E-state index >= 15 is 0 Å². The lowest BCUT2D eigenvalue weighted by Gasteiger charge is -2.15. The minimum absolute atomic E-state index is 0. The number of aromatic nitrogens is 3. The van der Waals surface area contributed by atoms with Crippen molar-refractivity contribution >= 4 is 18.3 Å². The molecule has 2 unspecified atom stereocenters. The molecule has 0 radical (unpaired) electrons. The zero-order chi connectivity index (χ0) is 19.1. The zero-order valence-corrected chi connectivity index (χ0v) is 16.6. The molecule has 7 nitrogen and oxygen atoms in total. The van der Waals surface area contributed by atoms with Crippen molar-refractivity contribution in [2.24, 2.45) is 0 Å². The van der Waals surface area contributed by atoms with Gasteiger partial charge in [0.15, 0.2) is 5.82 Å². The van der Waals surface area contributed by atoms with E-state index in [1.54, 1.807) is 18.3 Å². The Hall–Kier alpha value is -2.77. The van der Waals surface area contributed by atoms with Gasteiger partial charge in [-0.05, 0) is 31.7 Å². The fourth-order valence-corrected chi connectivity index (χ4v) is 2.66. The summed E-state index contributed by atoms with van der Waals surface area (Å²) in [5.74, 6) is 0.780. The Morgan fingerprint density at radius 1 is 1.14 bits per heavy atom. The van der Waals surface area contributed by atoms with Crippen LogP contribution < -0.4 is 10.6 Å². The van der Waals surface area contributed by atoms with Gasteiger partial charge in [-0.25, -0.2) is 0 Å². The molecule has 0 spiro atoms. The molecule has 8 heteroatoms. The van der Waals surface area contributed by atoms with E-state index in [2.05, 4.69) is 25.8 Å². The van der Waals surface area contributed by atoms with Crippen molar-refractivity contribution in [1.29, 1.82) is 0 Å². The molecule has 1 aromatic carbocycles. The fraction of sp³-hybridized carbons (Fsp3) is 0.300. The Balaban J connectivity index is 0.00000280. The topological polar surface area (TPSA) is 92.9 Å². The van der Waals surface area contributed by atoms with Crippen LogP contribution in [-0.2, 0) is 12.8 Å². The number of benzene rings is 1. The highest BCUT2D eigenvalue weighted by molar-refractivity contribution is 5.94. The van der Waals surface area contributed by atoms with E-state index in [1.165, 1.54) is 6.20 Å². The molecule has 2 heterocycles. The Labute approximate surface area is 170 Å². The lowest BCUT2D eigenvalue weighted by Crippen LogP contribution is -2.30. The normalized spacial score (nSPS) is 12.6. The molecule has 2 aromatic heterocycles. The predicted octanol–water partition coefficient (Wildman–Crippen LogP) is 2.75. The van der Waals surface area contributed by atoms with Gasteiger partial charge >= 0.3 is 0 Å². The molecule has 0 saturated carbocycles. The molecule has 2 atom stereocenters. The summed E-state index contributed by atoms with van der Waals surface area (Å²) in [7, 11) is 1.89. The third-order valence-corrected chi connectivity index (χ3v) is 4.28. The second-order valence-corrected chi connectivity index (χ2v) is 6.40. The van der Waals surface area contributed by atoms with E-state index in [-0.39, 0.29) is 24.4 Å². The number of hydrogen-bond acceptors (Lipinski definition) is 6. The minimum Gasteiger partial charge on any atom is -0.340 e. The number of nitrogens with one attached hydrogen (secondary N) is 2. The number of carbonyl (C=O) groups is 1. The van der Waals surface area contributed by atoms with E-state index in [1.807, 2.05) is 44.3 Å². The van der Waals surface area contributed by atoms with Crippen LogP contribution in [0.15, 0.2) is 59.4 Å². The van der Waals surface area contributed by atoms with Crippen molar-refractivity contribution in [3.63, 3.8) is 0 Å². The maximum Gasteiger partial charge on any atom is 0.253 e. The van der Waals surface area contributed by atoms with Gasteiger partial charge in [-0.1, -0.05) is 35.5 Å². The van der Waals surface area contributed by atoms with Crippen molar-refractivity contribution in [1.82, 2.24) is 25.8 Å². The van der Waals surface area contributed by atoms with Gasteiger partial charge in [0.1, 0.15) is 6.04 Å². The maximum absolute atomic E-state index is 12.6. The second-order valence-electron chi connectivity index (χ2n) is 6.40. The summed E-state index contributed by atoms with van der Waals surface area (Å²) in [6.07, 6.45) is 4.36. The molecule has 0 aliphatic carbocycles. The molecule has 2 N–H and O–H groups in total. The molecule has 0 bridgehead atoms. The molecule has 0 fully saturated rings. The van der Waals surface area contributed by atoms with E-state index in [0.717, 1.165) is 5.56 Å². The Morgan fingerprint density at radius 3 is 2.61 bits per heavy atom. The average Bonchev–Trinajstić information content (AvgIpc) is 3.17. The van der Waals surface area contributed by atoms with Crippen molar-refractivity contribution in [3.8, 4) is 0 Å². The third kappa shape index (κ3) is 5.87. The predicted molar refractivity (Wildman–Crippen MR) is 108 cm³/mol. The van der Waals surface area contributed by atoms with Crippen LogP contribution in [0.2, 0.25) is 0 Å². The summed E-state index contributed by atoms with van der Waals surface area (Å²) in [5, 5.41) is 10.2. The first-order chi connectivity index (χ1) is 13.2. The number of amides is 1. The summed E-state index contributed by atoms with van der Waals surface area (Å²) in [4.78, 5) is 21.1. The van der Waals surface area contributed by atoms with Gasteiger partial charge in [-0.3, -0.25) is 9.78 Å². The fourth-order valence-electron chi connectivity index (χ4n) is 2.66. The first-order valence-corrected chi connectivity index (χ1v) is 8.90. The van der Waals surface area contributed by atoms with Gasteiger partial charge in [0.2, 0.25) is 5.89 Å². The molecule has 0 aliphatic rings. The van der Waals surface area contributed by atoms with Crippen LogP contribution in [0.3, 0.4) is 0 Å². The molecule has 28 heavy (non-hydrogen) atoms. The summed E-state index contributed by atoms with van der Waals surface area (Å²) in [5.41, 5.74) is 1.55. The number of pyridine rings is 1. The first-order valence-electron chi connectivity index (χ1n) is 8.90. The van der Waals surface area contributed by atoms with Gasteiger partial charge in [0.05, 0.1) is 5.56 Å². The summed E-state index contributed by atoms with van der Waals surface area (Å²) in [6, 6.07) is 13.1. The number of rotatable bonds is 8. The van der Waals surface area contributed by atoms with Crippen LogP contribution in [0.25, 0.3) is 0 Å². The molecule has 3 aromatic rings. The quantitative estimate of drug-likeness (QED) is 0.602. The Kier molecular flexibility index (Phi) is 8.10. The van der Waals surface area contributed by atoms with E-state index < -0.39 is 6.04 Å². The standard InChI is InChI=1S/C20H23N5O2.ClH/c1-14(21-2)11-18-24-20(27-25-18)17(12-15-7-4-3-5-8-15)23-19(26)16-9-6-10-22-13-16;/h3-10,13-14,17,21H,11-12H2,1-2H3,(H,23,26);1H. The number of hydrogen-bond donors (Lipinski definition) is 2. The van der Waals surface area contributed by atoms with E-state index in [4.69, 9.17) is 4.52 Å². The summed E-state index contributed by atoms with van der Waals surface area (Å²) in [6.45, 7) is 2.04. The highest BCUT2D eigenvalue weighted by Gasteiger charge is 2.23. The van der Waals surface area contributed by atoms with E-state index in [9.17, 15) is 4.79 Å². The van der Waals surface area contributed by atoms with Crippen LogP contribution in [0.1, 0.15) is 40.6 Å². The van der Waals surface area contributed by atoms with Gasteiger partial charge < -0.3 is 15.2 Å². The average molecular weight is 402 g/mol. The molecule has 1 amide bonds. The van der Waals surface area contributed by atoms with E-state index in [0.29, 0.717) is 30.1 Å². The van der Waals surface area contributed by atoms with Crippen molar-refractivity contribution in [2.75, 3.05) is 7.05 Å².